The lowest BCUT2D eigenvalue weighted by molar-refractivity contribution is -0.384. The Morgan fingerprint density at radius 1 is 1.26 bits per heavy atom. The van der Waals surface area contributed by atoms with Crippen LogP contribution in [0.5, 0.6) is 0 Å². The number of nitrogens with one attached hydrogen (secondary N) is 1. The number of benzene rings is 2. The molecule has 3 N–H and O–H groups in total. The van der Waals surface area contributed by atoms with E-state index in [0.29, 0.717) is 16.3 Å². The molecule has 138 valence electrons. The summed E-state index contributed by atoms with van der Waals surface area (Å²) in [7, 11) is 0. The number of thiazole rings is 1. The van der Waals surface area contributed by atoms with Crippen LogP contribution in [-0.2, 0) is 9.53 Å². The number of hydrogen-bond donors (Lipinski definition) is 2. The van der Waals surface area contributed by atoms with Crippen LogP contribution in [-0.4, -0.2) is 27.9 Å². The molecular weight excluding hydrogens is 372 g/mol. The van der Waals surface area contributed by atoms with Gasteiger partial charge in [0.25, 0.3) is 11.6 Å². The van der Waals surface area contributed by atoms with Gasteiger partial charge in [0.2, 0.25) is 0 Å². The third-order valence-corrected chi connectivity index (χ3v) is 4.49. The van der Waals surface area contributed by atoms with Crippen molar-refractivity contribution in [3.63, 3.8) is 0 Å². The molecule has 0 fully saturated rings. The summed E-state index contributed by atoms with van der Waals surface area (Å²) in [6, 6.07) is 10.1. The van der Waals surface area contributed by atoms with Gasteiger partial charge in [-0.1, -0.05) is 11.3 Å². The maximum Gasteiger partial charge on any atom is 0.338 e. The van der Waals surface area contributed by atoms with Crippen molar-refractivity contribution in [2.75, 3.05) is 11.1 Å². The molecule has 1 atom stereocenters. The summed E-state index contributed by atoms with van der Waals surface area (Å²) in [4.78, 5) is 38.6. The Morgan fingerprint density at radius 2 is 1.96 bits per heavy atom. The van der Waals surface area contributed by atoms with Crippen LogP contribution in [0.3, 0.4) is 0 Å². The number of fused-ring (bicyclic) bond motifs is 1. The van der Waals surface area contributed by atoms with Gasteiger partial charge in [-0.3, -0.25) is 14.9 Å². The van der Waals surface area contributed by atoms with E-state index < -0.39 is 22.9 Å². The highest BCUT2D eigenvalue weighted by Crippen LogP contribution is 2.25. The lowest BCUT2D eigenvalue weighted by Gasteiger charge is -2.13. The second-order valence-corrected chi connectivity index (χ2v) is 6.64. The molecule has 0 bridgehead atoms. The van der Waals surface area contributed by atoms with Crippen molar-refractivity contribution in [3.8, 4) is 0 Å². The maximum absolute atomic E-state index is 12.3. The molecule has 1 unspecified atom stereocenters. The van der Waals surface area contributed by atoms with Gasteiger partial charge in [-0.05, 0) is 37.3 Å². The molecule has 0 radical (unpaired) electrons. The van der Waals surface area contributed by atoms with E-state index in [2.05, 4.69) is 10.3 Å². The first-order valence-electron chi connectivity index (χ1n) is 7.76. The van der Waals surface area contributed by atoms with E-state index in [1.165, 1.54) is 42.5 Å². The number of amides is 1. The Morgan fingerprint density at radius 3 is 2.63 bits per heavy atom. The lowest BCUT2D eigenvalue weighted by atomic mass is 10.2. The molecule has 1 amide bonds. The summed E-state index contributed by atoms with van der Waals surface area (Å²) in [6.07, 6.45) is -1.06. The number of nitrogen functional groups attached to an aromatic ring is 1. The van der Waals surface area contributed by atoms with Gasteiger partial charge in [-0.2, -0.15) is 0 Å². The van der Waals surface area contributed by atoms with Crippen molar-refractivity contribution in [2.45, 2.75) is 13.0 Å². The third kappa shape index (κ3) is 4.18. The number of hydrogen-bond acceptors (Lipinski definition) is 8. The first-order chi connectivity index (χ1) is 12.8. The molecule has 10 heteroatoms. The number of nitro groups is 1. The summed E-state index contributed by atoms with van der Waals surface area (Å²) in [6.45, 7) is 1.43. The van der Waals surface area contributed by atoms with Crippen LogP contribution >= 0.6 is 11.3 Å². The van der Waals surface area contributed by atoms with Crippen molar-refractivity contribution in [2.24, 2.45) is 0 Å². The van der Waals surface area contributed by atoms with Gasteiger partial charge in [0.15, 0.2) is 11.2 Å². The largest absolute Gasteiger partial charge is 0.449 e. The minimum Gasteiger partial charge on any atom is -0.449 e. The number of non-ortho nitro benzene ring substituents is 1. The predicted molar refractivity (Wildman–Crippen MR) is 101 cm³/mol. The van der Waals surface area contributed by atoms with E-state index in [1.54, 1.807) is 18.2 Å². The maximum atomic E-state index is 12.3. The highest BCUT2D eigenvalue weighted by atomic mass is 32.1. The van der Waals surface area contributed by atoms with Gasteiger partial charge in [0.1, 0.15) is 0 Å². The minimum absolute atomic E-state index is 0.0911. The number of ether oxygens (including phenoxy) is 1. The molecule has 0 saturated heterocycles. The Labute approximate surface area is 156 Å². The summed E-state index contributed by atoms with van der Waals surface area (Å²) >= 11 is 1.25. The SMILES string of the molecule is CC(OC(=O)c1ccc2nc(N)sc2c1)C(=O)Nc1ccc([N+](=O)[O-])cc1. The Kier molecular flexibility index (Phi) is 4.99. The van der Waals surface area contributed by atoms with Gasteiger partial charge in [0.05, 0.1) is 20.7 Å². The number of aromatic nitrogens is 1. The molecule has 3 aromatic rings. The van der Waals surface area contributed by atoms with Crippen molar-refractivity contribution in [3.05, 3.63) is 58.1 Å². The van der Waals surface area contributed by atoms with E-state index in [9.17, 15) is 19.7 Å². The first-order valence-corrected chi connectivity index (χ1v) is 8.57. The number of esters is 1. The van der Waals surface area contributed by atoms with Crippen LogP contribution in [0.25, 0.3) is 10.2 Å². The molecule has 0 saturated carbocycles. The monoisotopic (exact) mass is 386 g/mol. The molecule has 0 aliphatic heterocycles. The van der Waals surface area contributed by atoms with E-state index in [0.717, 1.165) is 4.70 Å². The van der Waals surface area contributed by atoms with Crippen LogP contribution in [0.1, 0.15) is 17.3 Å². The fourth-order valence-corrected chi connectivity index (χ4v) is 3.04. The smallest absolute Gasteiger partial charge is 0.338 e. The summed E-state index contributed by atoms with van der Waals surface area (Å²) in [5, 5.41) is 13.6. The molecule has 27 heavy (non-hydrogen) atoms. The van der Waals surface area contributed by atoms with E-state index >= 15 is 0 Å². The summed E-state index contributed by atoms with van der Waals surface area (Å²) in [5.74, 6) is -1.21. The highest BCUT2D eigenvalue weighted by molar-refractivity contribution is 7.22. The van der Waals surface area contributed by atoms with Crippen LogP contribution in [0.2, 0.25) is 0 Å². The van der Waals surface area contributed by atoms with Gasteiger partial charge < -0.3 is 15.8 Å². The predicted octanol–water partition coefficient (Wildman–Crippen LogP) is 2.97. The highest BCUT2D eigenvalue weighted by Gasteiger charge is 2.20. The molecular formula is C17H14N4O5S. The fraction of sp³-hybridized carbons (Fsp3) is 0.118. The second-order valence-electron chi connectivity index (χ2n) is 5.58. The number of rotatable bonds is 5. The van der Waals surface area contributed by atoms with Crippen molar-refractivity contribution in [1.29, 1.82) is 0 Å². The molecule has 1 aromatic heterocycles. The zero-order valence-electron chi connectivity index (χ0n) is 14.0. The zero-order valence-corrected chi connectivity index (χ0v) is 14.9. The Hall–Kier alpha value is -3.53. The van der Waals surface area contributed by atoms with E-state index in [-0.39, 0.29) is 11.3 Å². The summed E-state index contributed by atoms with van der Waals surface area (Å²) < 4.78 is 5.92. The lowest BCUT2D eigenvalue weighted by Crippen LogP contribution is -2.30. The average molecular weight is 386 g/mol. The number of nitrogens with zero attached hydrogens (tertiary/aromatic N) is 2. The zero-order chi connectivity index (χ0) is 19.6. The van der Waals surface area contributed by atoms with E-state index in [1.807, 2.05) is 0 Å². The molecule has 1 heterocycles. The van der Waals surface area contributed by atoms with Crippen molar-refractivity contribution < 1.29 is 19.2 Å². The average Bonchev–Trinajstić information content (AvgIpc) is 3.01. The molecule has 0 spiro atoms. The van der Waals surface area contributed by atoms with E-state index in [4.69, 9.17) is 10.5 Å². The van der Waals surface area contributed by atoms with Crippen LogP contribution in [0, 0.1) is 10.1 Å². The molecule has 9 nitrogen and oxygen atoms in total. The standard InChI is InChI=1S/C17H14N4O5S/c1-9(15(22)19-11-3-5-12(6-4-11)21(24)25)26-16(23)10-2-7-13-14(8-10)27-17(18)20-13/h2-9H,1H3,(H2,18,20)(H,19,22). The topological polar surface area (TPSA) is 137 Å². The van der Waals surface area contributed by atoms with Crippen LogP contribution in [0.15, 0.2) is 42.5 Å². The number of carbonyl (C=O) groups is 2. The molecule has 3 rings (SSSR count). The normalized spacial score (nSPS) is 11.7. The number of anilines is 2. The van der Waals surface area contributed by atoms with Gasteiger partial charge >= 0.3 is 5.97 Å². The quantitative estimate of drug-likeness (QED) is 0.390. The number of nitrogens with two attached hydrogens (primary N) is 1. The van der Waals surface area contributed by atoms with Gasteiger partial charge in [-0.15, -0.1) is 0 Å². The fourth-order valence-electron chi connectivity index (χ4n) is 2.26. The van der Waals surface area contributed by atoms with Gasteiger partial charge in [0, 0.05) is 17.8 Å². The summed E-state index contributed by atoms with van der Waals surface area (Å²) in [5.41, 5.74) is 6.86. The van der Waals surface area contributed by atoms with Crippen LogP contribution < -0.4 is 11.1 Å². The molecule has 2 aromatic carbocycles. The first kappa shape index (κ1) is 18.3. The molecule has 0 aliphatic rings. The third-order valence-electron chi connectivity index (χ3n) is 3.64. The second kappa shape index (κ2) is 7.38. The van der Waals surface area contributed by atoms with Crippen LogP contribution in [0.4, 0.5) is 16.5 Å². The minimum atomic E-state index is -1.06. The van der Waals surface area contributed by atoms with Gasteiger partial charge in [-0.25, -0.2) is 9.78 Å². The number of nitro benzene ring substituents is 1. The molecule has 0 aliphatic carbocycles. The number of carbonyl (C=O) groups excluding carboxylic acids is 2. The van der Waals surface area contributed by atoms with Crippen molar-refractivity contribution >= 4 is 49.9 Å². The Balaban J connectivity index is 1.64. The Bertz CT molecular complexity index is 1030. The van der Waals surface area contributed by atoms with Crippen molar-refractivity contribution in [1.82, 2.24) is 4.98 Å².